The summed E-state index contributed by atoms with van der Waals surface area (Å²) in [7, 11) is 0. The van der Waals surface area contributed by atoms with Crippen molar-refractivity contribution in [3.05, 3.63) is 76.2 Å². The Hall–Kier alpha value is -3.07. The molecule has 0 saturated heterocycles. The summed E-state index contributed by atoms with van der Waals surface area (Å²) in [6.07, 6.45) is 4.31. The number of allylic oxidation sites excluding steroid dienone is 1. The van der Waals surface area contributed by atoms with Gasteiger partial charge in [-0.1, -0.05) is 12.1 Å². The molecular weight excluding hydrogens is 463 g/mol. The average molecular weight is 488 g/mol. The number of carboxylic acids is 1. The van der Waals surface area contributed by atoms with Crippen LogP contribution in [-0.2, 0) is 6.42 Å². The van der Waals surface area contributed by atoms with Crippen LogP contribution in [-0.4, -0.2) is 30.1 Å². The predicted molar refractivity (Wildman–Crippen MR) is 124 cm³/mol. The van der Waals surface area contributed by atoms with E-state index in [-0.39, 0.29) is 57.6 Å². The van der Waals surface area contributed by atoms with Gasteiger partial charge in [0.25, 0.3) is 0 Å². The zero-order valence-electron chi connectivity index (χ0n) is 19.8. The molecule has 9 heteroatoms. The largest absolute Gasteiger partial charge is 1.00 e. The zero-order chi connectivity index (χ0) is 24.7. The summed E-state index contributed by atoms with van der Waals surface area (Å²) in [5.41, 5.74) is 0.436. The van der Waals surface area contributed by atoms with E-state index in [1.807, 2.05) is 0 Å². The molecule has 0 aliphatic rings. The Bertz CT molecular complexity index is 1280. The van der Waals surface area contributed by atoms with E-state index in [1.165, 1.54) is 19.1 Å². The molecule has 0 spiro atoms. The summed E-state index contributed by atoms with van der Waals surface area (Å²) >= 11 is 0. The van der Waals surface area contributed by atoms with Crippen LogP contribution in [0, 0.1) is 0 Å². The number of benzene rings is 2. The number of Topliss-reactive ketones (excluding diaryl/α,β-unsaturated/α-hetero) is 1. The van der Waals surface area contributed by atoms with E-state index in [2.05, 4.69) is 6.58 Å². The van der Waals surface area contributed by atoms with Crippen LogP contribution in [0.4, 0.5) is 0 Å². The third-order valence-corrected chi connectivity index (χ3v) is 5.16. The molecule has 0 radical (unpaired) electrons. The van der Waals surface area contributed by atoms with Crippen LogP contribution in [0.5, 0.6) is 17.2 Å². The molecule has 0 atom stereocenters. The Labute approximate surface area is 224 Å². The van der Waals surface area contributed by atoms with Crippen LogP contribution in [0.1, 0.15) is 52.7 Å². The number of phenolic OH excluding ortho intramolecular Hbond substituents is 1. The molecule has 0 saturated carbocycles. The maximum atomic E-state index is 12.0. The Morgan fingerprint density at radius 2 is 1.80 bits per heavy atom. The number of ketones is 1. The molecule has 0 unspecified atom stereocenters. The van der Waals surface area contributed by atoms with E-state index >= 15 is 0 Å². The van der Waals surface area contributed by atoms with E-state index < -0.39 is 17.2 Å². The monoisotopic (exact) mass is 488 g/mol. The molecular formula is C26H25NaO8. The van der Waals surface area contributed by atoms with Gasteiger partial charge in [-0.05, 0) is 56.4 Å². The van der Waals surface area contributed by atoms with E-state index in [9.17, 15) is 24.6 Å². The summed E-state index contributed by atoms with van der Waals surface area (Å²) in [6, 6.07) is 8.89. The molecule has 0 amide bonds. The van der Waals surface area contributed by atoms with Crippen LogP contribution in [0.25, 0.3) is 11.0 Å². The summed E-state index contributed by atoms with van der Waals surface area (Å²) < 4.78 is 16.6. The number of hydrogen-bond acceptors (Lipinski definition) is 8. The van der Waals surface area contributed by atoms with E-state index in [0.717, 1.165) is 12.5 Å². The van der Waals surface area contributed by atoms with Gasteiger partial charge in [-0.3, -0.25) is 9.59 Å². The van der Waals surface area contributed by atoms with Crippen molar-refractivity contribution >= 4 is 22.7 Å². The molecule has 35 heavy (non-hydrogen) atoms. The molecule has 1 aromatic heterocycles. The minimum Gasteiger partial charge on any atom is -0.542 e. The Kier molecular flexibility index (Phi) is 10.6. The van der Waals surface area contributed by atoms with Gasteiger partial charge in [0.1, 0.15) is 34.4 Å². The van der Waals surface area contributed by atoms with Crippen molar-refractivity contribution in [2.45, 2.75) is 32.6 Å². The number of carbonyl (C=O) groups excluding carboxylic acids is 2. The number of aromatic carboxylic acids is 1. The minimum atomic E-state index is -1.56. The fourth-order valence-electron chi connectivity index (χ4n) is 3.48. The second kappa shape index (κ2) is 13.1. The first-order valence-corrected chi connectivity index (χ1v) is 10.8. The van der Waals surface area contributed by atoms with Crippen LogP contribution in [0.15, 0.2) is 58.3 Å². The van der Waals surface area contributed by atoms with Gasteiger partial charge >= 0.3 is 29.6 Å². The summed E-state index contributed by atoms with van der Waals surface area (Å²) in [6.45, 7) is 5.79. The van der Waals surface area contributed by atoms with Crippen LogP contribution < -0.4 is 49.6 Å². The number of unbranched alkanes of at least 4 members (excludes halogenated alkanes) is 2. The first-order chi connectivity index (χ1) is 16.3. The van der Waals surface area contributed by atoms with Gasteiger partial charge in [0, 0.05) is 12.1 Å². The minimum absolute atomic E-state index is 0. The normalized spacial score (nSPS) is 10.4. The third kappa shape index (κ3) is 7.21. The zero-order valence-corrected chi connectivity index (χ0v) is 21.8. The molecule has 0 bridgehead atoms. The Morgan fingerprint density at radius 1 is 1.09 bits per heavy atom. The van der Waals surface area contributed by atoms with Crippen LogP contribution >= 0.6 is 0 Å². The Balaban J connectivity index is 0.00000432. The molecule has 1 N–H and O–H groups in total. The molecule has 8 nitrogen and oxygen atoms in total. The SMILES string of the molecule is C=CCc1ccc(OCCCCCOc2ccc3c(=O)cc(C(=O)[O-])oc3c2)c(C(C)=O)c1O.[Na+]. The molecule has 3 rings (SSSR count). The van der Waals surface area contributed by atoms with Gasteiger partial charge in [-0.2, -0.15) is 0 Å². The molecule has 3 aromatic rings. The van der Waals surface area contributed by atoms with Gasteiger partial charge in [-0.15, -0.1) is 6.58 Å². The summed E-state index contributed by atoms with van der Waals surface area (Å²) in [4.78, 5) is 34.9. The number of phenols is 1. The first-order valence-electron chi connectivity index (χ1n) is 10.8. The van der Waals surface area contributed by atoms with E-state index in [4.69, 9.17) is 13.9 Å². The van der Waals surface area contributed by atoms with Gasteiger partial charge in [0.2, 0.25) is 0 Å². The second-order valence-electron chi connectivity index (χ2n) is 7.67. The van der Waals surface area contributed by atoms with Gasteiger partial charge in [-0.25, -0.2) is 0 Å². The van der Waals surface area contributed by atoms with Crippen molar-refractivity contribution in [3.8, 4) is 17.2 Å². The summed E-state index contributed by atoms with van der Waals surface area (Å²) in [5, 5.41) is 21.6. The number of carboxylic acid groups (broad SMARTS) is 1. The van der Waals surface area contributed by atoms with Crippen LogP contribution in [0.2, 0.25) is 0 Å². The van der Waals surface area contributed by atoms with E-state index in [1.54, 1.807) is 24.3 Å². The fraction of sp³-hybridized carbons (Fsp3) is 0.269. The number of hydrogen-bond donors (Lipinski definition) is 1. The van der Waals surface area contributed by atoms with Gasteiger partial charge in [0.15, 0.2) is 17.0 Å². The number of rotatable bonds is 12. The predicted octanol–water partition coefficient (Wildman–Crippen LogP) is 0.425. The third-order valence-electron chi connectivity index (χ3n) is 5.16. The van der Waals surface area contributed by atoms with Crippen molar-refractivity contribution in [2.75, 3.05) is 13.2 Å². The van der Waals surface area contributed by atoms with E-state index in [0.29, 0.717) is 49.5 Å². The smallest absolute Gasteiger partial charge is 0.542 e. The number of carbonyl (C=O) groups is 2. The molecule has 0 aliphatic heterocycles. The standard InChI is InChI=1S/C26H26O8.Na/c1-3-7-17-8-11-21(24(16(2)27)25(17)29)33-13-6-4-5-12-32-18-9-10-19-20(28)15-23(26(30)31)34-22(19)14-18;/h3,8-11,14-15,29H,1,4-7,12-13H2,2H3,(H,30,31);/q;+1/p-1. The number of ether oxygens (including phenoxy) is 2. The molecule has 0 fully saturated rings. The quantitative estimate of drug-likeness (QED) is 0.168. The molecule has 1 heterocycles. The number of aromatic hydroxyl groups is 1. The second-order valence-corrected chi connectivity index (χ2v) is 7.67. The van der Waals surface area contributed by atoms with Crippen molar-refractivity contribution in [2.24, 2.45) is 0 Å². The maximum absolute atomic E-state index is 12.0. The van der Waals surface area contributed by atoms with Gasteiger partial charge < -0.3 is 28.9 Å². The van der Waals surface area contributed by atoms with Gasteiger partial charge in [0.05, 0.1) is 18.6 Å². The van der Waals surface area contributed by atoms with Crippen molar-refractivity contribution in [3.63, 3.8) is 0 Å². The van der Waals surface area contributed by atoms with Crippen molar-refractivity contribution < 1.29 is 63.3 Å². The maximum Gasteiger partial charge on any atom is 1.00 e. The fourth-order valence-corrected chi connectivity index (χ4v) is 3.48. The molecule has 0 aliphatic carbocycles. The summed E-state index contributed by atoms with van der Waals surface area (Å²) in [5.74, 6) is -1.65. The number of fused-ring (bicyclic) bond motifs is 1. The van der Waals surface area contributed by atoms with Crippen molar-refractivity contribution in [1.82, 2.24) is 0 Å². The topological polar surface area (TPSA) is 126 Å². The first kappa shape index (κ1) is 28.2. The van der Waals surface area contributed by atoms with Crippen LogP contribution in [0.3, 0.4) is 0 Å². The molecule has 178 valence electrons. The average Bonchev–Trinajstić information content (AvgIpc) is 2.79. The van der Waals surface area contributed by atoms with Crippen molar-refractivity contribution in [1.29, 1.82) is 0 Å². The Morgan fingerprint density at radius 3 is 2.46 bits per heavy atom. The molecule has 2 aromatic carbocycles.